The molecule has 2 aromatic heterocycles. The third kappa shape index (κ3) is 2.12. The number of aromatic nitrogens is 3. The van der Waals surface area contributed by atoms with Crippen LogP contribution in [0.4, 0.5) is 14.6 Å². The Bertz CT molecular complexity index is 757. The van der Waals surface area contributed by atoms with Gasteiger partial charge in [0.05, 0.1) is 11.4 Å². The van der Waals surface area contributed by atoms with Gasteiger partial charge in [-0.2, -0.15) is 4.98 Å². The zero-order chi connectivity index (χ0) is 15.4. The normalized spacial score (nSPS) is 27.6. The molecule has 1 aliphatic heterocycles. The second-order valence-corrected chi connectivity index (χ2v) is 6.43. The highest BCUT2D eigenvalue weighted by Crippen LogP contribution is 2.47. The maximum absolute atomic E-state index is 14.2. The quantitative estimate of drug-likeness (QED) is 0.582. The van der Waals surface area contributed by atoms with E-state index in [0.29, 0.717) is 17.7 Å². The lowest BCUT2D eigenvalue weighted by molar-refractivity contribution is 0.420. The topological polar surface area (TPSA) is 41.9 Å². The fourth-order valence-corrected chi connectivity index (χ4v) is 3.62. The van der Waals surface area contributed by atoms with Gasteiger partial charge in [-0.3, -0.25) is 0 Å². The molecular formula is C14H12Cl2F2N4. The molecule has 8 heteroatoms. The number of rotatable bonds is 1. The summed E-state index contributed by atoms with van der Waals surface area (Å²) < 4.78 is 28.2. The number of hydrogen-bond donors (Lipinski definition) is 0. The summed E-state index contributed by atoms with van der Waals surface area (Å²) in [6.45, 7) is 0.661. The summed E-state index contributed by atoms with van der Waals surface area (Å²) in [4.78, 5) is 13.8. The van der Waals surface area contributed by atoms with Gasteiger partial charge in [0.1, 0.15) is 17.5 Å². The van der Waals surface area contributed by atoms with Crippen molar-refractivity contribution >= 4 is 39.9 Å². The zero-order valence-electron chi connectivity index (χ0n) is 11.4. The molecule has 0 aromatic carbocycles. The number of anilines is 1. The minimum Gasteiger partial charge on any atom is -0.350 e. The Kier molecular flexibility index (Phi) is 3.34. The Balaban J connectivity index is 1.89. The second kappa shape index (κ2) is 5.13. The van der Waals surface area contributed by atoms with E-state index in [0.717, 1.165) is 19.3 Å². The summed E-state index contributed by atoms with van der Waals surface area (Å²) in [7, 11) is 0. The Hall–Kier alpha value is -1.27. The first kappa shape index (κ1) is 14.3. The van der Waals surface area contributed by atoms with Crippen LogP contribution in [-0.2, 0) is 0 Å². The SMILES string of the molecule is Fc1c(Cl)ncc2c(N3CCCC[C@@H]4[C@@H](F)[C@@H]43)nc(Cl)nc12. The van der Waals surface area contributed by atoms with Crippen LogP contribution >= 0.6 is 23.2 Å². The van der Waals surface area contributed by atoms with Gasteiger partial charge >= 0.3 is 0 Å². The molecule has 2 aromatic rings. The third-order valence-electron chi connectivity index (χ3n) is 4.45. The van der Waals surface area contributed by atoms with E-state index >= 15 is 0 Å². The lowest BCUT2D eigenvalue weighted by Crippen LogP contribution is -2.29. The molecule has 4 rings (SSSR count). The lowest BCUT2D eigenvalue weighted by Gasteiger charge is -2.24. The van der Waals surface area contributed by atoms with Crippen molar-refractivity contribution in [2.45, 2.75) is 31.5 Å². The summed E-state index contributed by atoms with van der Waals surface area (Å²) in [6.07, 6.45) is 3.34. The number of hydrogen-bond acceptors (Lipinski definition) is 4. The van der Waals surface area contributed by atoms with Crippen LogP contribution in [0.5, 0.6) is 0 Å². The van der Waals surface area contributed by atoms with Crippen LogP contribution in [0.1, 0.15) is 19.3 Å². The van der Waals surface area contributed by atoms with Crippen molar-refractivity contribution in [2.75, 3.05) is 11.4 Å². The average molecular weight is 345 g/mol. The fraction of sp³-hybridized carbons (Fsp3) is 0.500. The van der Waals surface area contributed by atoms with E-state index in [-0.39, 0.29) is 27.9 Å². The van der Waals surface area contributed by atoms with Gasteiger partial charge in [-0.15, -0.1) is 0 Å². The molecule has 0 spiro atoms. The van der Waals surface area contributed by atoms with Crippen LogP contribution in [0.2, 0.25) is 10.4 Å². The van der Waals surface area contributed by atoms with E-state index in [9.17, 15) is 8.78 Å². The predicted octanol–water partition coefficient (Wildman–Crippen LogP) is 3.80. The molecule has 2 aliphatic rings. The number of nitrogens with zero attached hydrogens (tertiary/aromatic N) is 4. The predicted molar refractivity (Wildman–Crippen MR) is 80.7 cm³/mol. The van der Waals surface area contributed by atoms with Crippen LogP contribution in [0, 0.1) is 11.7 Å². The first-order valence-electron chi connectivity index (χ1n) is 7.16. The van der Waals surface area contributed by atoms with Crippen molar-refractivity contribution in [3.8, 4) is 0 Å². The average Bonchev–Trinajstić information content (AvgIpc) is 3.18. The van der Waals surface area contributed by atoms with Crippen molar-refractivity contribution in [3.05, 3.63) is 22.5 Å². The minimum atomic E-state index is -0.866. The van der Waals surface area contributed by atoms with Crippen molar-refractivity contribution in [1.29, 1.82) is 0 Å². The van der Waals surface area contributed by atoms with E-state index in [1.807, 2.05) is 4.90 Å². The zero-order valence-corrected chi connectivity index (χ0v) is 13.0. The van der Waals surface area contributed by atoms with Gasteiger partial charge in [0.2, 0.25) is 5.28 Å². The molecule has 3 atom stereocenters. The highest BCUT2D eigenvalue weighted by atomic mass is 35.5. The molecule has 0 N–H and O–H groups in total. The highest BCUT2D eigenvalue weighted by Gasteiger charge is 2.55. The first-order chi connectivity index (χ1) is 10.6. The van der Waals surface area contributed by atoms with E-state index < -0.39 is 12.0 Å². The smallest absolute Gasteiger partial charge is 0.225 e. The fourth-order valence-electron chi connectivity index (χ4n) is 3.32. The lowest BCUT2D eigenvalue weighted by atomic mass is 10.2. The van der Waals surface area contributed by atoms with Crippen molar-refractivity contribution in [2.24, 2.45) is 5.92 Å². The van der Waals surface area contributed by atoms with Crippen LogP contribution in [-0.4, -0.2) is 33.7 Å². The van der Waals surface area contributed by atoms with Gasteiger partial charge in [-0.05, 0) is 24.4 Å². The Morgan fingerprint density at radius 3 is 2.86 bits per heavy atom. The highest BCUT2D eigenvalue weighted by molar-refractivity contribution is 6.30. The standard InChI is InChI=1S/C14H12Cl2F2N4/c15-12-9(18)10-7(5-19-12)13(21-14(16)20-10)22-4-2-1-3-6-8(17)11(6)22/h5-6,8,11H,1-4H2/t6-,8-,11-/m1/s1. The maximum atomic E-state index is 14.2. The molecule has 1 saturated heterocycles. The molecule has 116 valence electrons. The Labute approximate surface area is 135 Å². The molecule has 3 heterocycles. The molecule has 1 saturated carbocycles. The van der Waals surface area contributed by atoms with Crippen LogP contribution in [0.3, 0.4) is 0 Å². The third-order valence-corrected chi connectivity index (χ3v) is 4.88. The molecular weight excluding hydrogens is 333 g/mol. The van der Waals surface area contributed by atoms with E-state index in [4.69, 9.17) is 23.2 Å². The molecule has 0 amide bonds. The minimum absolute atomic E-state index is 0.0202. The molecule has 0 bridgehead atoms. The van der Waals surface area contributed by atoms with Crippen LogP contribution in [0.25, 0.3) is 10.9 Å². The van der Waals surface area contributed by atoms with Crippen molar-refractivity contribution in [3.63, 3.8) is 0 Å². The summed E-state index contributed by atoms with van der Waals surface area (Å²) >= 11 is 11.6. The number of fused-ring (bicyclic) bond motifs is 2. The van der Waals surface area contributed by atoms with Gasteiger partial charge in [0.25, 0.3) is 0 Å². The summed E-state index contributed by atoms with van der Waals surface area (Å²) in [6, 6.07) is -0.213. The van der Waals surface area contributed by atoms with Gasteiger partial charge in [-0.25, -0.2) is 18.7 Å². The maximum Gasteiger partial charge on any atom is 0.225 e. The Morgan fingerprint density at radius 1 is 1.23 bits per heavy atom. The summed E-state index contributed by atoms with van der Waals surface area (Å²) in [5.74, 6) is -0.268. The number of alkyl halides is 1. The molecule has 0 radical (unpaired) electrons. The molecule has 4 nitrogen and oxygen atoms in total. The molecule has 1 aliphatic carbocycles. The van der Waals surface area contributed by atoms with Crippen LogP contribution in [0.15, 0.2) is 6.20 Å². The molecule has 22 heavy (non-hydrogen) atoms. The molecule has 0 unspecified atom stereocenters. The van der Waals surface area contributed by atoms with Gasteiger partial charge < -0.3 is 4.90 Å². The van der Waals surface area contributed by atoms with E-state index in [1.54, 1.807) is 0 Å². The summed E-state index contributed by atoms with van der Waals surface area (Å²) in [5.41, 5.74) is 0.0202. The number of pyridine rings is 1. The summed E-state index contributed by atoms with van der Waals surface area (Å²) in [5, 5.41) is 0.0586. The molecule has 2 fully saturated rings. The first-order valence-corrected chi connectivity index (χ1v) is 7.91. The van der Waals surface area contributed by atoms with Gasteiger partial charge in [0, 0.05) is 18.7 Å². The monoisotopic (exact) mass is 344 g/mol. The Morgan fingerprint density at radius 2 is 2.05 bits per heavy atom. The van der Waals surface area contributed by atoms with Gasteiger partial charge in [-0.1, -0.05) is 18.0 Å². The van der Waals surface area contributed by atoms with E-state index in [2.05, 4.69) is 15.0 Å². The van der Waals surface area contributed by atoms with E-state index in [1.165, 1.54) is 6.20 Å². The van der Waals surface area contributed by atoms with Crippen molar-refractivity contribution in [1.82, 2.24) is 15.0 Å². The largest absolute Gasteiger partial charge is 0.350 e. The van der Waals surface area contributed by atoms with Gasteiger partial charge in [0.15, 0.2) is 11.0 Å². The second-order valence-electron chi connectivity index (χ2n) is 5.73. The van der Waals surface area contributed by atoms with Crippen LogP contribution < -0.4 is 4.90 Å². The van der Waals surface area contributed by atoms with Crippen molar-refractivity contribution < 1.29 is 8.78 Å². The number of halogens is 4.